The third kappa shape index (κ3) is 3.35. The molecule has 0 aliphatic heterocycles. The lowest BCUT2D eigenvalue weighted by molar-refractivity contribution is -0.140. The van der Waals surface area contributed by atoms with Crippen molar-refractivity contribution in [1.29, 1.82) is 0 Å². The van der Waals surface area contributed by atoms with Crippen LogP contribution in [0.2, 0.25) is 0 Å². The molecule has 0 bridgehead atoms. The fourth-order valence-electron chi connectivity index (χ4n) is 2.99. The number of hydrogen-bond donors (Lipinski definition) is 2. The summed E-state index contributed by atoms with van der Waals surface area (Å²) >= 11 is 0. The van der Waals surface area contributed by atoms with Gasteiger partial charge in [-0.05, 0) is 18.2 Å². The van der Waals surface area contributed by atoms with Gasteiger partial charge in [0.25, 0.3) is 5.56 Å². The van der Waals surface area contributed by atoms with E-state index in [-0.39, 0.29) is 38.9 Å². The van der Waals surface area contributed by atoms with Crippen molar-refractivity contribution in [3.8, 4) is 17.0 Å². The second-order valence-corrected chi connectivity index (χ2v) is 5.98. The van der Waals surface area contributed by atoms with Crippen molar-refractivity contribution < 1.29 is 27.8 Å². The van der Waals surface area contributed by atoms with Crippen molar-refractivity contribution in [2.24, 2.45) is 0 Å². The lowest BCUT2D eigenvalue weighted by Crippen LogP contribution is -2.28. The minimum Gasteiger partial charge on any atom is -0.449 e. The number of H-pyrrole nitrogens is 1. The fraction of sp³-hybridized carbons (Fsp3) is 0.118. The van der Waals surface area contributed by atoms with Gasteiger partial charge in [-0.25, -0.2) is 9.78 Å². The first-order chi connectivity index (χ1) is 13.7. The van der Waals surface area contributed by atoms with Gasteiger partial charge < -0.3 is 9.84 Å². The van der Waals surface area contributed by atoms with E-state index in [1.54, 1.807) is 0 Å². The molecule has 9 nitrogen and oxygen atoms in total. The van der Waals surface area contributed by atoms with Crippen molar-refractivity contribution in [2.45, 2.75) is 12.7 Å². The van der Waals surface area contributed by atoms with E-state index in [1.807, 2.05) is 0 Å². The molecule has 2 N–H and O–H groups in total. The molecule has 0 saturated carbocycles. The van der Waals surface area contributed by atoms with Crippen LogP contribution in [0.25, 0.3) is 33.1 Å². The molecule has 0 aromatic carbocycles. The van der Waals surface area contributed by atoms with Gasteiger partial charge in [-0.3, -0.25) is 19.4 Å². The number of aromatic amines is 1. The summed E-state index contributed by atoms with van der Waals surface area (Å²) in [7, 11) is 0. The number of fused-ring (bicyclic) bond motifs is 3. The normalized spacial score (nSPS) is 11.8. The Labute approximate surface area is 158 Å². The molecule has 0 fully saturated rings. The first-order valence-electron chi connectivity index (χ1n) is 8.03. The third-order valence-electron chi connectivity index (χ3n) is 4.11. The Bertz CT molecular complexity index is 1310. The number of nitrogens with zero attached hydrogens (tertiary/aromatic N) is 4. The molecule has 12 heteroatoms. The maximum absolute atomic E-state index is 13.1. The lowest BCUT2D eigenvalue weighted by Gasteiger charge is -2.14. The average Bonchev–Trinajstić information content (AvgIpc) is 3.14. The number of alkyl halides is 3. The summed E-state index contributed by atoms with van der Waals surface area (Å²) in [6, 6.07) is 4.26. The van der Waals surface area contributed by atoms with E-state index in [0.717, 1.165) is 6.20 Å². The summed E-state index contributed by atoms with van der Waals surface area (Å²) < 4.78 is 44.5. The maximum atomic E-state index is 13.1. The van der Waals surface area contributed by atoms with Gasteiger partial charge in [0.05, 0.1) is 22.6 Å². The van der Waals surface area contributed by atoms with Gasteiger partial charge in [-0.2, -0.15) is 18.3 Å². The van der Waals surface area contributed by atoms with Gasteiger partial charge in [0.2, 0.25) is 5.88 Å². The molecule has 0 radical (unpaired) electrons. The molecular formula is C17H10F3N5O4. The van der Waals surface area contributed by atoms with E-state index in [4.69, 9.17) is 5.11 Å². The number of aromatic nitrogens is 5. The van der Waals surface area contributed by atoms with E-state index in [9.17, 15) is 22.8 Å². The zero-order chi connectivity index (χ0) is 20.8. The highest BCUT2D eigenvalue weighted by atomic mass is 19.4. The van der Waals surface area contributed by atoms with E-state index >= 15 is 0 Å². The van der Waals surface area contributed by atoms with Gasteiger partial charge >= 0.3 is 12.3 Å². The molecule has 29 heavy (non-hydrogen) atoms. The van der Waals surface area contributed by atoms with Crippen LogP contribution in [0, 0.1) is 0 Å². The standard InChI is InChI=1S/C17H10F3N5O4/c18-17(19,20)7-25-11-4-8(9-2-1-3-21-14(9)29-16(27)28)5-22-13(11)12-10(15(25)26)6-23-24-12/h1-6H,7H2,(H,23,24)(H,27,28). The van der Waals surface area contributed by atoms with Crippen LogP contribution in [0.4, 0.5) is 18.0 Å². The number of carboxylic acid groups (broad SMARTS) is 1. The number of halogens is 3. The fourth-order valence-corrected chi connectivity index (χ4v) is 2.99. The molecule has 0 saturated heterocycles. The van der Waals surface area contributed by atoms with Crippen LogP contribution in [-0.2, 0) is 6.54 Å². The second-order valence-electron chi connectivity index (χ2n) is 5.98. The summed E-state index contributed by atoms with van der Waals surface area (Å²) in [6.45, 7) is -1.53. The predicted octanol–water partition coefficient (Wildman–Crippen LogP) is 2.95. The Hall–Kier alpha value is -3.96. The first-order valence-corrected chi connectivity index (χ1v) is 8.03. The topological polar surface area (TPSA) is 123 Å². The molecule has 0 aliphatic carbocycles. The molecule has 0 spiro atoms. The number of ether oxygens (including phenoxy) is 1. The van der Waals surface area contributed by atoms with E-state index in [0.29, 0.717) is 4.57 Å². The molecule has 4 aromatic heterocycles. The van der Waals surface area contributed by atoms with Gasteiger partial charge in [0, 0.05) is 23.5 Å². The monoisotopic (exact) mass is 405 g/mol. The van der Waals surface area contributed by atoms with Crippen LogP contribution >= 0.6 is 0 Å². The van der Waals surface area contributed by atoms with Crippen molar-refractivity contribution in [2.75, 3.05) is 0 Å². The highest BCUT2D eigenvalue weighted by molar-refractivity contribution is 6.01. The Morgan fingerprint density at radius 2 is 2.07 bits per heavy atom. The zero-order valence-electron chi connectivity index (χ0n) is 14.3. The lowest BCUT2D eigenvalue weighted by atomic mass is 10.1. The minimum atomic E-state index is -4.66. The van der Waals surface area contributed by atoms with Crippen molar-refractivity contribution >= 4 is 28.1 Å². The van der Waals surface area contributed by atoms with Crippen LogP contribution in [-0.4, -0.2) is 42.2 Å². The summed E-state index contributed by atoms with van der Waals surface area (Å²) in [4.78, 5) is 31.5. The number of rotatable bonds is 3. The Morgan fingerprint density at radius 1 is 1.28 bits per heavy atom. The molecule has 0 atom stereocenters. The highest BCUT2D eigenvalue weighted by Gasteiger charge is 2.30. The summed E-state index contributed by atoms with van der Waals surface area (Å²) in [5.74, 6) is -0.270. The molecule has 148 valence electrons. The van der Waals surface area contributed by atoms with Crippen molar-refractivity contribution in [3.05, 3.63) is 47.1 Å². The zero-order valence-corrected chi connectivity index (χ0v) is 14.3. The smallest absolute Gasteiger partial charge is 0.449 e. The van der Waals surface area contributed by atoms with E-state index in [2.05, 4.69) is 24.9 Å². The SMILES string of the molecule is O=C(O)Oc1ncccc1-c1cnc2c3[nH]ncc3c(=O)n(CC(F)(F)F)c2c1. The van der Waals surface area contributed by atoms with Gasteiger partial charge in [0.1, 0.15) is 12.1 Å². The molecule has 0 unspecified atom stereocenters. The number of nitrogens with one attached hydrogen (secondary N) is 1. The Balaban J connectivity index is 2.01. The summed E-state index contributed by atoms with van der Waals surface area (Å²) in [5, 5.41) is 15.1. The second kappa shape index (κ2) is 6.58. The molecule has 4 aromatic rings. The van der Waals surface area contributed by atoms with Crippen LogP contribution in [0.5, 0.6) is 5.88 Å². The predicted molar refractivity (Wildman–Crippen MR) is 93.6 cm³/mol. The van der Waals surface area contributed by atoms with Crippen LogP contribution in [0.1, 0.15) is 0 Å². The van der Waals surface area contributed by atoms with E-state index < -0.39 is 24.4 Å². The number of pyridine rings is 3. The van der Waals surface area contributed by atoms with Gasteiger partial charge in [-0.1, -0.05) is 0 Å². The number of carbonyl (C=O) groups is 1. The minimum absolute atomic E-state index is 0.0294. The maximum Gasteiger partial charge on any atom is 0.512 e. The molecule has 0 amide bonds. The third-order valence-corrected chi connectivity index (χ3v) is 4.11. The Morgan fingerprint density at radius 3 is 2.79 bits per heavy atom. The first kappa shape index (κ1) is 18.4. The average molecular weight is 405 g/mol. The van der Waals surface area contributed by atoms with Crippen LogP contribution in [0.3, 0.4) is 0 Å². The Kier molecular flexibility index (Phi) is 4.18. The molecule has 4 rings (SSSR count). The molecular weight excluding hydrogens is 395 g/mol. The van der Waals surface area contributed by atoms with Gasteiger partial charge in [-0.15, -0.1) is 0 Å². The highest BCUT2D eigenvalue weighted by Crippen LogP contribution is 2.31. The summed E-state index contributed by atoms with van der Waals surface area (Å²) in [6.07, 6.45) is -2.51. The van der Waals surface area contributed by atoms with Crippen molar-refractivity contribution in [1.82, 2.24) is 24.7 Å². The van der Waals surface area contributed by atoms with E-state index in [1.165, 1.54) is 30.6 Å². The molecule has 4 heterocycles. The van der Waals surface area contributed by atoms with Gasteiger partial charge in [0.15, 0.2) is 0 Å². The van der Waals surface area contributed by atoms with Crippen LogP contribution < -0.4 is 10.3 Å². The quantitative estimate of drug-likeness (QED) is 0.502. The van der Waals surface area contributed by atoms with Crippen molar-refractivity contribution in [3.63, 3.8) is 0 Å². The molecule has 0 aliphatic rings. The van der Waals surface area contributed by atoms with Crippen LogP contribution in [0.15, 0.2) is 41.6 Å². The largest absolute Gasteiger partial charge is 0.512 e. The summed E-state index contributed by atoms with van der Waals surface area (Å²) in [5.41, 5.74) is -0.286. The number of hydrogen-bond acceptors (Lipinski definition) is 6.